The van der Waals surface area contributed by atoms with Gasteiger partial charge in [0.05, 0.1) is 5.56 Å². The average molecular weight is 325 g/mol. The molecule has 9 heteroatoms. The zero-order chi connectivity index (χ0) is 16.6. The minimum absolute atomic E-state index is 0.0691. The number of benzene rings is 1. The molecule has 0 bridgehead atoms. The molecule has 0 unspecified atom stereocenters. The second-order valence-electron chi connectivity index (χ2n) is 4.67. The minimum Gasteiger partial charge on any atom is -0.476 e. The third-order valence-electron chi connectivity index (χ3n) is 3.03. The third kappa shape index (κ3) is 2.98. The number of hydrogen-bond donors (Lipinski definition) is 2. The van der Waals surface area contributed by atoms with Crippen LogP contribution in [0, 0.1) is 0 Å². The van der Waals surface area contributed by atoms with E-state index in [9.17, 15) is 18.0 Å². The van der Waals surface area contributed by atoms with Crippen molar-refractivity contribution < 1.29 is 27.4 Å². The Labute approximate surface area is 128 Å². The first-order chi connectivity index (χ1) is 10.8. The Bertz CT molecular complexity index is 778. The van der Waals surface area contributed by atoms with Crippen molar-refractivity contribution in [2.24, 2.45) is 0 Å². The van der Waals surface area contributed by atoms with E-state index in [0.717, 1.165) is 12.1 Å². The molecule has 2 aromatic rings. The predicted octanol–water partition coefficient (Wildman–Crippen LogP) is 2.81. The fourth-order valence-electron chi connectivity index (χ4n) is 2.02. The second kappa shape index (κ2) is 5.34. The van der Waals surface area contributed by atoms with Crippen molar-refractivity contribution >= 4 is 17.4 Å². The van der Waals surface area contributed by atoms with E-state index in [1.807, 2.05) is 0 Å². The number of fused-ring (bicyclic) bond motifs is 1. The van der Waals surface area contributed by atoms with Crippen molar-refractivity contribution in [2.45, 2.75) is 6.18 Å². The molecule has 1 aliphatic rings. The summed E-state index contributed by atoms with van der Waals surface area (Å²) in [5, 5.41) is 2.48. The molecule has 120 valence electrons. The van der Waals surface area contributed by atoms with Crippen LogP contribution < -0.4 is 20.5 Å². The quantitative estimate of drug-likeness (QED) is 0.829. The highest BCUT2D eigenvalue weighted by molar-refractivity contribution is 5.94. The van der Waals surface area contributed by atoms with E-state index < -0.39 is 17.4 Å². The molecule has 0 aliphatic carbocycles. The van der Waals surface area contributed by atoms with Crippen molar-refractivity contribution in [1.82, 2.24) is 4.98 Å². The van der Waals surface area contributed by atoms with Gasteiger partial charge in [-0.2, -0.15) is 13.2 Å². The molecule has 1 aromatic carbocycles. The van der Waals surface area contributed by atoms with Gasteiger partial charge in [0.25, 0.3) is 5.91 Å². The molecule has 1 aliphatic heterocycles. The molecular formula is C14H10F3N3O3. The fourth-order valence-corrected chi connectivity index (χ4v) is 2.02. The number of hydrogen-bond acceptors (Lipinski definition) is 5. The van der Waals surface area contributed by atoms with Crippen LogP contribution in [0.2, 0.25) is 0 Å². The normalized spacial score (nSPS) is 13.8. The van der Waals surface area contributed by atoms with Crippen LogP contribution >= 0.6 is 0 Å². The second-order valence-corrected chi connectivity index (χ2v) is 4.67. The van der Waals surface area contributed by atoms with E-state index in [1.54, 1.807) is 0 Å². The molecule has 0 radical (unpaired) electrons. The van der Waals surface area contributed by atoms with Crippen molar-refractivity contribution in [3.05, 3.63) is 36.0 Å². The van der Waals surface area contributed by atoms with Gasteiger partial charge in [0, 0.05) is 18.0 Å². The Balaban J connectivity index is 1.95. The van der Waals surface area contributed by atoms with E-state index in [4.69, 9.17) is 15.2 Å². The molecule has 0 atom stereocenters. The molecule has 1 aromatic heterocycles. The van der Waals surface area contributed by atoms with Crippen LogP contribution in [0.15, 0.2) is 30.5 Å². The number of carbonyl (C=O) groups is 1. The summed E-state index contributed by atoms with van der Waals surface area (Å²) in [5.74, 6) is -0.0231. The molecule has 0 spiro atoms. The van der Waals surface area contributed by atoms with E-state index in [-0.39, 0.29) is 35.6 Å². The summed E-state index contributed by atoms with van der Waals surface area (Å²) >= 11 is 0. The number of nitrogens with zero attached hydrogens (tertiary/aromatic N) is 1. The number of carbonyl (C=O) groups excluding carboxylic acids is 1. The lowest BCUT2D eigenvalue weighted by molar-refractivity contribution is -0.137. The molecule has 3 rings (SSSR count). The maximum atomic E-state index is 12.9. The SMILES string of the molecule is Nc1ccc(Oc2ccnc3c2OCC(=O)N3)cc1C(F)(F)F. The van der Waals surface area contributed by atoms with E-state index >= 15 is 0 Å². The number of rotatable bonds is 2. The van der Waals surface area contributed by atoms with E-state index in [2.05, 4.69) is 10.3 Å². The Morgan fingerprint density at radius 2 is 2.09 bits per heavy atom. The van der Waals surface area contributed by atoms with Crippen LogP contribution in [-0.2, 0) is 11.0 Å². The summed E-state index contributed by atoms with van der Waals surface area (Å²) in [6.07, 6.45) is -3.25. The van der Waals surface area contributed by atoms with Crippen molar-refractivity contribution in [2.75, 3.05) is 17.7 Å². The number of halogens is 3. The standard InChI is InChI=1S/C14H10F3N3O3/c15-14(16,17)8-5-7(1-2-9(8)18)23-10-3-4-19-13-12(10)22-6-11(21)20-13/h1-5H,6,18H2,(H,19,20,21). The van der Waals surface area contributed by atoms with Gasteiger partial charge in [-0.15, -0.1) is 0 Å². The van der Waals surface area contributed by atoms with Crippen LogP contribution in [0.1, 0.15) is 5.56 Å². The summed E-state index contributed by atoms with van der Waals surface area (Å²) in [6.45, 7) is -0.232. The Hall–Kier alpha value is -2.97. The lowest BCUT2D eigenvalue weighted by atomic mass is 10.1. The molecule has 3 N–H and O–H groups in total. The first kappa shape index (κ1) is 14.9. The van der Waals surface area contributed by atoms with Gasteiger partial charge in [-0.05, 0) is 18.2 Å². The number of aromatic nitrogens is 1. The number of pyridine rings is 1. The molecule has 0 saturated heterocycles. The van der Waals surface area contributed by atoms with Crippen molar-refractivity contribution in [1.29, 1.82) is 0 Å². The van der Waals surface area contributed by atoms with E-state index in [0.29, 0.717) is 0 Å². The molecule has 2 heterocycles. The number of nitrogens with one attached hydrogen (secondary N) is 1. The summed E-state index contributed by atoms with van der Waals surface area (Å²) in [6, 6.07) is 4.62. The number of amides is 1. The average Bonchev–Trinajstić information content (AvgIpc) is 2.48. The summed E-state index contributed by atoms with van der Waals surface area (Å²) in [7, 11) is 0. The summed E-state index contributed by atoms with van der Waals surface area (Å²) < 4.78 is 49.2. The smallest absolute Gasteiger partial charge is 0.418 e. The van der Waals surface area contributed by atoms with Gasteiger partial charge >= 0.3 is 6.18 Å². The summed E-state index contributed by atoms with van der Waals surface area (Å²) in [4.78, 5) is 15.1. The first-order valence-electron chi connectivity index (χ1n) is 6.41. The molecule has 0 saturated carbocycles. The molecule has 23 heavy (non-hydrogen) atoms. The van der Waals surface area contributed by atoms with Gasteiger partial charge in [-0.25, -0.2) is 4.98 Å². The highest BCUT2D eigenvalue weighted by atomic mass is 19.4. The maximum absolute atomic E-state index is 12.9. The maximum Gasteiger partial charge on any atom is 0.418 e. The van der Waals surface area contributed by atoms with Gasteiger partial charge in [-0.3, -0.25) is 4.79 Å². The first-order valence-corrected chi connectivity index (χ1v) is 6.41. The van der Waals surface area contributed by atoms with Crippen molar-refractivity contribution in [3.63, 3.8) is 0 Å². The minimum atomic E-state index is -4.59. The molecule has 1 amide bonds. The topological polar surface area (TPSA) is 86.5 Å². The van der Waals surface area contributed by atoms with Gasteiger partial charge < -0.3 is 20.5 Å². The number of alkyl halides is 3. The number of ether oxygens (including phenoxy) is 2. The Morgan fingerprint density at radius 3 is 2.83 bits per heavy atom. The largest absolute Gasteiger partial charge is 0.476 e. The van der Waals surface area contributed by atoms with E-state index in [1.165, 1.54) is 18.3 Å². The fraction of sp³-hybridized carbons (Fsp3) is 0.143. The monoisotopic (exact) mass is 325 g/mol. The number of anilines is 2. The number of nitrogens with two attached hydrogens (primary N) is 1. The van der Waals surface area contributed by atoms with Gasteiger partial charge in [0.15, 0.2) is 18.2 Å². The highest BCUT2D eigenvalue weighted by Gasteiger charge is 2.33. The Kier molecular flexibility index (Phi) is 3.47. The zero-order valence-corrected chi connectivity index (χ0v) is 11.5. The van der Waals surface area contributed by atoms with Crippen LogP contribution in [0.4, 0.5) is 24.7 Å². The molecule has 0 fully saturated rings. The van der Waals surface area contributed by atoms with Crippen molar-refractivity contribution in [3.8, 4) is 17.2 Å². The third-order valence-corrected chi connectivity index (χ3v) is 3.03. The van der Waals surface area contributed by atoms with Gasteiger partial charge in [-0.1, -0.05) is 0 Å². The van der Waals surface area contributed by atoms with Crippen LogP contribution in [-0.4, -0.2) is 17.5 Å². The molecule has 6 nitrogen and oxygen atoms in total. The van der Waals surface area contributed by atoms with Gasteiger partial charge in [0.1, 0.15) is 5.75 Å². The van der Waals surface area contributed by atoms with Gasteiger partial charge in [0.2, 0.25) is 5.75 Å². The lowest BCUT2D eigenvalue weighted by Gasteiger charge is -2.19. The van der Waals surface area contributed by atoms with Crippen LogP contribution in [0.25, 0.3) is 0 Å². The Morgan fingerprint density at radius 1 is 1.30 bits per heavy atom. The molecular weight excluding hydrogens is 315 g/mol. The summed E-state index contributed by atoms with van der Waals surface area (Å²) in [5.41, 5.74) is 3.95. The number of nitrogen functional groups attached to an aromatic ring is 1. The van der Waals surface area contributed by atoms with Crippen LogP contribution in [0.3, 0.4) is 0 Å². The lowest BCUT2D eigenvalue weighted by Crippen LogP contribution is -2.26. The highest BCUT2D eigenvalue weighted by Crippen LogP contribution is 2.40. The zero-order valence-electron chi connectivity index (χ0n) is 11.5. The predicted molar refractivity (Wildman–Crippen MR) is 74.3 cm³/mol. The van der Waals surface area contributed by atoms with Crippen LogP contribution in [0.5, 0.6) is 17.2 Å².